The van der Waals surface area contributed by atoms with Crippen molar-refractivity contribution in [2.24, 2.45) is 0 Å². The lowest BCUT2D eigenvalue weighted by Gasteiger charge is -2.16. The van der Waals surface area contributed by atoms with E-state index >= 15 is 0 Å². The van der Waals surface area contributed by atoms with Gasteiger partial charge in [0.2, 0.25) is 0 Å². The lowest BCUT2D eigenvalue weighted by molar-refractivity contribution is 0.289. The fraction of sp³-hybridized carbons (Fsp3) is 0.571. The van der Waals surface area contributed by atoms with Crippen LogP contribution in [0.5, 0.6) is 5.75 Å². The molecule has 96 valence electrons. The number of hydrogen-bond acceptors (Lipinski definition) is 2. The van der Waals surface area contributed by atoms with Gasteiger partial charge in [-0.3, -0.25) is 4.39 Å². The molecule has 0 amide bonds. The zero-order valence-electron chi connectivity index (χ0n) is 10.7. The maximum absolute atomic E-state index is 11.9. The lowest BCUT2D eigenvalue weighted by Crippen LogP contribution is -2.19. The number of alkyl halides is 1. The maximum atomic E-state index is 11.9. The van der Waals surface area contributed by atoms with Gasteiger partial charge in [-0.25, -0.2) is 0 Å². The summed E-state index contributed by atoms with van der Waals surface area (Å²) in [7, 11) is 0. The largest absolute Gasteiger partial charge is 0.494 e. The van der Waals surface area contributed by atoms with Gasteiger partial charge in [0.05, 0.1) is 13.3 Å². The summed E-state index contributed by atoms with van der Waals surface area (Å²) in [5.41, 5.74) is 1.27. The van der Waals surface area contributed by atoms with Gasteiger partial charge >= 0.3 is 0 Å². The molecule has 1 rings (SSSR count). The molecule has 0 saturated heterocycles. The Morgan fingerprint density at radius 3 is 2.47 bits per heavy atom. The summed E-state index contributed by atoms with van der Waals surface area (Å²) in [5, 5.41) is 3.43. The summed E-state index contributed by atoms with van der Waals surface area (Å²) < 4.78 is 17.3. The lowest BCUT2D eigenvalue weighted by atomic mass is 10.0. The van der Waals surface area contributed by atoms with E-state index in [1.807, 2.05) is 12.1 Å². The van der Waals surface area contributed by atoms with Crippen LogP contribution >= 0.6 is 0 Å². The normalized spacial score (nSPS) is 12.4. The number of benzene rings is 1. The Labute approximate surface area is 103 Å². The summed E-state index contributed by atoms with van der Waals surface area (Å²) in [6.45, 7) is 5.36. The van der Waals surface area contributed by atoms with Gasteiger partial charge < -0.3 is 10.1 Å². The van der Waals surface area contributed by atoms with E-state index in [-0.39, 0.29) is 6.67 Å². The van der Waals surface area contributed by atoms with E-state index < -0.39 is 0 Å². The Hall–Kier alpha value is -1.09. The summed E-state index contributed by atoms with van der Waals surface area (Å²) in [6, 6.07) is 8.45. The Morgan fingerprint density at radius 2 is 1.94 bits per heavy atom. The molecule has 0 bridgehead atoms. The highest BCUT2D eigenvalue weighted by atomic mass is 19.1. The topological polar surface area (TPSA) is 21.3 Å². The predicted octanol–water partition coefficient (Wildman–Crippen LogP) is 3.49. The molecular weight excluding hydrogens is 217 g/mol. The van der Waals surface area contributed by atoms with Crippen LogP contribution in [0.2, 0.25) is 0 Å². The van der Waals surface area contributed by atoms with Crippen LogP contribution in [0.3, 0.4) is 0 Å². The van der Waals surface area contributed by atoms with E-state index in [4.69, 9.17) is 4.74 Å². The first-order valence-corrected chi connectivity index (χ1v) is 6.33. The Kier molecular flexibility index (Phi) is 6.63. The standard InChI is InChI=1S/C14H22FNO/c1-3-14(16-4-2)12-6-8-13(9-7-12)17-11-5-10-15/h6-9,14,16H,3-5,10-11H2,1-2H3. The van der Waals surface area contributed by atoms with E-state index in [2.05, 4.69) is 31.3 Å². The van der Waals surface area contributed by atoms with E-state index in [1.54, 1.807) is 0 Å². The molecule has 17 heavy (non-hydrogen) atoms. The first-order valence-electron chi connectivity index (χ1n) is 6.33. The van der Waals surface area contributed by atoms with Gasteiger partial charge in [0.25, 0.3) is 0 Å². The molecule has 0 radical (unpaired) electrons. The van der Waals surface area contributed by atoms with Gasteiger partial charge in [0, 0.05) is 12.5 Å². The zero-order chi connectivity index (χ0) is 12.5. The zero-order valence-corrected chi connectivity index (χ0v) is 10.7. The first-order chi connectivity index (χ1) is 8.31. The molecule has 1 atom stereocenters. The summed E-state index contributed by atoms with van der Waals surface area (Å²) >= 11 is 0. The van der Waals surface area contributed by atoms with E-state index in [0.717, 1.165) is 18.7 Å². The minimum atomic E-state index is -0.323. The Morgan fingerprint density at radius 1 is 1.24 bits per heavy atom. The van der Waals surface area contributed by atoms with Crippen LogP contribution in [0.25, 0.3) is 0 Å². The van der Waals surface area contributed by atoms with E-state index in [0.29, 0.717) is 19.1 Å². The molecule has 1 aromatic rings. The second kappa shape index (κ2) is 8.07. The van der Waals surface area contributed by atoms with Crippen molar-refractivity contribution in [3.05, 3.63) is 29.8 Å². The number of rotatable bonds is 8. The van der Waals surface area contributed by atoms with Crippen molar-refractivity contribution in [3.63, 3.8) is 0 Å². The Bertz CT molecular complexity index is 300. The molecule has 0 fully saturated rings. The van der Waals surface area contributed by atoms with Gasteiger partial charge in [-0.05, 0) is 30.7 Å². The van der Waals surface area contributed by atoms with Crippen LogP contribution in [-0.4, -0.2) is 19.8 Å². The molecule has 3 heteroatoms. The van der Waals surface area contributed by atoms with Gasteiger partial charge in [-0.2, -0.15) is 0 Å². The van der Waals surface area contributed by atoms with Gasteiger partial charge in [0.1, 0.15) is 5.75 Å². The van der Waals surface area contributed by atoms with Crippen LogP contribution in [0, 0.1) is 0 Å². The molecular formula is C14H22FNO. The third-order valence-electron chi connectivity index (χ3n) is 2.69. The molecule has 0 saturated carbocycles. The molecule has 1 aromatic carbocycles. The average Bonchev–Trinajstić information content (AvgIpc) is 2.37. The van der Waals surface area contributed by atoms with Crippen LogP contribution in [0.1, 0.15) is 38.3 Å². The van der Waals surface area contributed by atoms with Crippen molar-refractivity contribution in [1.29, 1.82) is 0 Å². The SMILES string of the molecule is CCNC(CC)c1ccc(OCCCF)cc1. The number of hydrogen-bond donors (Lipinski definition) is 1. The number of halogens is 1. The predicted molar refractivity (Wildman–Crippen MR) is 69.2 cm³/mol. The van der Waals surface area contributed by atoms with E-state index in [9.17, 15) is 4.39 Å². The second-order valence-corrected chi connectivity index (χ2v) is 3.98. The van der Waals surface area contributed by atoms with Crippen LogP contribution < -0.4 is 10.1 Å². The van der Waals surface area contributed by atoms with Crippen LogP contribution in [0.15, 0.2) is 24.3 Å². The van der Waals surface area contributed by atoms with E-state index in [1.165, 1.54) is 5.56 Å². The third kappa shape index (κ3) is 4.73. The molecule has 0 aliphatic rings. The van der Waals surface area contributed by atoms with Crippen molar-refractivity contribution in [2.75, 3.05) is 19.8 Å². The average molecular weight is 239 g/mol. The quantitative estimate of drug-likeness (QED) is 0.701. The molecule has 0 spiro atoms. The monoisotopic (exact) mass is 239 g/mol. The van der Waals surface area contributed by atoms with Gasteiger partial charge in [0.15, 0.2) is 0 Å². The summed E-state index contributed by atoms with van der Waals surface area (Å²) in [6.07, 6.45) is 1.52. The van der Waals surface area contributed by atoms with Crippen molar-refractivity contribution in [3.8, 4) is 5.75 Å². The number of nitrogens with one attached hydrogen (secondary N) is 1. The molecule has 1 unspecified atom stereocenters. The van der Waals surface area contributed by atoms with Gasteiger partial charge in [-0.15, -0.1) is 0 Å². The van der Waals surface area contributed by atoms with Crippen LogP contribution in [0.4, 0.5) is 4.39 Å². The Balaban J connectivity index is 2.53. The molecule has 0 aliphatic carbocycles. The van der Waals surface area contributed by atoms with Crippen molar-refractivity contribution >= 4 is 0 Å². The highest BCUT2D eigenvalue weighted by Gasteiger charge is 2.07. The maximum Gasteiger partial charge on any atom is 0.119 e. The minimum Gasteiger partial charge on any atom is -0.494 e. The smallest absolute Gasteiger partial charge is 0.119 e. The highest BCUT2D eigenvalue weighted by Crippen LogP contribution is 2.20. The van der Waals surface area contributed by atoms with Gasteiger partial charge in [-0.1, -0.05) is 26.0 Å². The second-order valence-electron chi connectivity index (χ2n) is 3.98. The molecule has 2 nitrogen and oxygen atoms in total. The highest BCUT2D eigenvalue weighted by molar-refractivity contribution is 5.29. The molecule has 0 heterocycles. The molecule has 1 N–H and O–H groups in total. The van der Waals surface area contributed by atoms with Crippen molar-refractivity contribution < 1.29 is 9.13 Å². The van der Waals surface area contributed by atoms with Crippen molar-refractivity contribution in [2.45, 2.75) is 32.7 Å². The summed E-state index contributed by atoms with van der Waals surface area (Å²) in [5.74, 6) is 0.813. The molecule has 0 aliphatic heterocycles. The third-order valence-corrected chi connectivity index (χ3v) is 2.69. The minimum absolute atomic E-state index is 0.323. The first kappa shape index (κ1) is 14.0. The van der Waals surface area contributed by atoms with Crippen molar-refractivity contribution in [1.82, 2.24) is 5.32 Å². The number of ether oxygens (including phenoxy) is 1. The van der Waals surface area contributed by atoms with Crippen LogP contribution in [-0.2, 0) is 0 Å². The fourth-order valence-corrected chi connectivity index (χ4v) is 1.79. The molecule has 0 aromatic heterocycles. The fourth-order valence-electron chi connectivity index (χ4n) is 1.79. The summed E-state index contributed by atoms with van der Waals surface area (Å²) in [4.78, 5) is 0.